The lowest BCUT2D eigenvalue weighted by Crippen LogP contribution is -2.42. The first-order chi connectivity index (χ1) is 13.1. The van der Waals surface area contributed by atoms with E-state index in [9.17, 15) is 9.18 Å². The topological polar surface area (TPSA) is 86.5 Å². The molecule has 3 atom stereocenters. The van der Waals surface area contributed by atoms with Crippen LogP contribution in [-0.4, -0.2) is 20.2 Å². The zero-order chi connectivity index (χ0) is 18.5. The van der Waals surface area contributed by atoms with Gasteiger partial charge in [0.25, 0.3) is 5.56 Å². The fraction of sp³-hybridized carbons (Fsp3) is 0.350. The van der Waals surface area contributed by atoms with Crippen LogP contribution in [0.2, 0.25) is 0 Å². The molecule has 0 spiro atoms. The minimum absolute atomic E-state index is 0.0703. The largest absolute Gasteiger partial charge is 0.345 e. The molecule has 3 unspecified atom stereocenters. The Morgan fingerprint density at radius 3 is 2.78 bits per heavy atom. The Morgan fingerprint density at radius 2 is 2.04 bits per heavy atom. The van der Waals surface area contributed by atoms with Crippen molar-refractivity contribution in [2.45, 2.75) is 44.2 Å². The van der Waals surface area contributed by atoms with E-state index in [0.29, 0.717) is 0 Å². The van der Waals surface area contributed by atoms with Crippen LogP contribution in [0.3, 0.4) is 0 Å². The third-order valence-corrected chi connectivity index (χ3v) is 5.68. The molecule has 3 heterocycles. The van der Waals surface area contributed by atoms with Gasteiger partial charge in [0.1, 0.15) is 11.6 Å². The van der Waals surface area contributed by atoms with Gasteiger partial charge in [-0.3, -0.25) is 4.79 Å². The SMILES string of the molecule is Cc1cnc(C2c3n[nH]c(=O)c4c3C(CCC4)NC2c2ccc(F)cc2)[nH]1. The Hall–Kier alpha value is -2.80. The first-order valence-electron chi connectivity index (χ1n) is 9.26. The van der Waals surface area contributed by atoms with E-state index in [0.717, 1.165) is 53.2 Å². The van der Waals surface area contributed by atoms with Crippen LogP contribution in [0, 0.1) is 12.7 Å². The van der Waals surface area contributed by atoms with E-state index in [4.69, 9.17) is 0 Å². The number of benzene rings is 1. The zero-order valence-corrected chi connectivity index (χ0v) is 14.9. The summed E-state index contributed by atoms with van der Waals surface area (Å²) in [6.07, 6.45) is 4.47. The second-order valence-corrected chi connectivity index (χ2v) is 7.40. The van der Waals surface area contributed by atoms with Crippen molar-refractivity contribution in [3.05, 3.63) is 80.5 Å². The number of nitrogens with zero attached hydrogens (tertiary/aromatic N) is 2. The Labute approximate surface area is 155 Å². The van der Waals surface area contributed by atoms with E-state index in [2.05, 4.69) is 25.5 Å². The van der Waals surface area contributed by atoms with E-state index in [1.165, 1.54) is 12.1 Å². The van der Waals surface area contributed by atoms with Crippen LogP contribution in [-0.2, 0) is 6.42 Å². The number of hydrogen-bond donors (Lipinski definition) is 3. The molecule has 0 amide bonds. The van der Waals surface area contributed by atoms with Crippen molar-refractivity contribution in [1.29, 1.82) is 0 Å². The monoisotopic (exact) mass is 365 g/mol. The van der Waals surface area contributed by atoms with Gasteiger partial charge in [0.05, 0.1) is 11.6 Å². The fourth-order valence-electron chi connectivity index (χ4n) is 4.49. The third kappa shape index (κ3) is 2.61. The summed E-state index contributed by atoms with van der Waals surface area (Å²) in [4.78, 5) is 20.2. The Balaban J connectivity index is 1.73. The number of aromatic nitrogens is 4. The van der Waals surface area contributed by atoms with E-state index >= 15 is 0 Å². The molecule has 7 heteroatoms. The molecular weight excluding hydrogens is 345 g/mol. The van der Waals surface area contributed by atoms with Crippen molar-refractivity contribution in [2.75, 3.05) is 0 Å². The average molecular weight is 365 g/mol. The van der Waals surface area contributed by atoms with Gasteiger partial charge in [0.2, 0.25) is 0 Å². The van der Waals surface area contributed by atoms with Crippen molar-refractivity contribution < 1.29 is 4.39 Å². The number of nitrogens with one attached hydrogen (secondary N) is 3. The number of H-pyrrole nitrogens is 2. The lowest BCUT2D eigenvalue weighted by molar-refractivity contribution is 0.331. The van der Waals surface area contributed by atoms with Crippen LogP contribution in [0.25, 0.3) is 0 Å². The van der Waals surface area contributed by atoms with Crippen molar-refractivity contribution in [2.24, 2.45) is 0 Å². The quantitative estimate of drug-likeness (QED) is 0.652. The maximum atomic E-state index is 13.5. The standard InChI is InChI=1S/C20H20FN5O/c1-10-9-22-19(23-10)16-17(11-5-7-12(21)8-6-11)24-14-4-2-3-13-15(14)18(16)25-26-20(13)27/h5-9,14,16-17,24H,2-4H2,1H3,(H,22,23)(H,26,27). The van der Waals surface area contributed by atoms with Gasteiger partial charge in [-0.15, -0.1) is 0 Å². The normalized spacial score (nSPS) is 23.9. The van der Waals surface area contributed by atoms with Gasteiger partial charge in [-0.05, 0) is 43.9 Å². The molecule has 3 N–H and O–H groups in total. The van der Waals surface area contributed by atoms with Gasteiger partial charge in [0.15, 0.2) is 0 Å². The third-order valence-electron chi connectivity index (χ3n) is 5.68. The van der Waals surface area contributed by atoms with Crippen molar-refractivity contribution in [3.63, 3.8) is 0 Å². The lowest BCUT2D eigenvalue weighted by atomic mass is 9.76. The lowest BCUT2D eigenvalue weighted by Gasteiger charge is -2.40. The van der Waals surface area contributed by atoms with Gasteiger partial charge in [-0.25, -0.2) is 14.5 Å². The summed E-state index contributed by atoms with van der Waals surface area (Å²) < 4.78 is 13.5. The molecule has 0 bridgehead atoms. The molecule has 1 aliphatic heterocycles. The van der Waals surface area contributed by atoms with Crippen molar-refractivity contribution in [1.82, 2.24) is 25.5 Å². The molecular formula is C20H20FN5O. The van der Waals surface area contributed by atoms with Crippen LogP contribution < -0.4 is 10.9 Å². The summed E-state index contributed by atoms with van der Waals surface area (Å²) in [6.45, 7) is 1.96. The number of aromatic amines is 2. The van der Waals surface area contributed by atoms with E-state index in [1.54, 1.807) is 18.3 Å². The Morgan fingerprint density at radius 1 is 1.22 bits per heavy atom. The smallest absolute Gasteiger partial charge is 0.267 e. The van der Waals surface area contributed by atoms with Gasteiger partial charge >= 0.3 is 0 Å². The van der Waals surface area contributed by atoms with Crippen LogP contribution in [0.1, 0.15) is 64.7 Å². The molecule has 6 nitrogen and oxygen atoms in total. The summed E-state index contributed by atoms with van der Waals surface area (Å²) in [5.74, 6) is 0.340. The fourth-order valence-corrected chi connectivity index (χ4v) is 4.49. The summed E-state index contributed by atoms with van der Waals surface area (Å²) in [5, 5.41) is 10.8. The van der Waals surface area contributed by atoms with Crippen LogP contribution in [0.5, 0.6) is 0 Å². The molecule has 0 radical (unpaired) electrons. The summed E-state index contributed by atoms with van der Waals surface area (Å²) in [5.41, 5.74) is 4.54. The zero-order valence-electron chi connectivity index (χ0n) is 14.9. The highest BCUT2D eigenvalue weighted by Gasteiger charge is 2.42. The van der Waals surface area contributed by atoms with Gasteiger partial charge in [-0.2, -0.15) is 5.10 Å². The maximum absolute atomic E-state index is 13.5. The van der Waals surface area contributed by atoms with Crippen LogP contribution in [0.15, 0.2) is 35.3 Å². The molecule has 138 valence electrons. The Kier molecular flexibility index (Phi) is 3.72. The molecule has 1 aliphatic carbocycles. The first kappa shape index (κ1) is 16.4. The van der Waals surface area contributed by atoms with E-state index < -0.39 is 0 Å². The average Bonchev–Trinajstić information content (AvgIpc) is 3.10. The number of aryl methyl sites for hydroxylation is 1. The van der Waals surface area contributed by atoms with Gasteiger partial charge < -0.3 is 10.3 Å². The molecule has 0 saturated carbocycles. The van der Waals surface area contributed by atoms with Crippen molar-refractivity contribution in [3.8, 4) is 0 Å². The number of rotatable bonds is 2. The Bertz CT molecular complexity index is 1050. The predicted octanol–water partition coefficient (Wildman–Crippen LogP) is 2.79. The van der Waals surface area contributed by atoms with Gasteiger partial charge in [0, 0.05) is 35.1 Å². The predicted molar refractivity (Wildman–Crippen MR) is 98.0 cm³/mol. The molecule has 3 aromatic rings. The molecule has 1 aromatic carbocycles. The van der Waals surface area contributed by atoms with Crippen molar-refractivity contribution >= 4 is 0 Å². The molecule has 5 rings (SSSR count). The first-order valence-corrected chi connectivity index (χ1v) is 9.26. The molecule has 2 aromatic heterocycles. The summed E-state index contributed by atoms with van der Waals surface area (Å²) in [7, 11) is 0. The molecule has 27 heavy (non-hydrogen) atoms. The summed E-state index contributed by atoms with van der Waals surface area (Å²) >= 11 is 0. The van der Waals surface area contributed by atoms with Crippen LogP contribution in [0.4, 0.5) is 4.39 Å². The molecule has 0 fully saturated rings. The van der Waals surface area contributed by atoms with E-state index in [-0.39, 0.29) is 29.4 Å². The minimum atomic E-state index is -0.261. The highest BCUT2D eigenvalue weighted by atomic mass is 19.1. The summed E-state index contributed by atoms with van der Waals surface area (Å²) in [6, 6.07) is 6.51. The van der Waals surface area contributed by atoms with Gasteiger partial charge in [-0.1, -0.05) is 12.1 Å². The minimum Gasteiger partial charge on any atom is -0.345 e. The molecule has 0 saturated heterocycles. The number of imidazole rings is 1. The number of hydrogen-bond acceptors (Lipinski definition) is 4. The highest BCUT2D eigenvalue weighted by Crippen LogP contribution is 2.46. The number of halogens is 1. The highest BCUT2D eigenvalue weighted by molar-refractivity contribution is 5.43. The second-order valence-electron chi connectivity index (χ2n) is 7.40. The van der Waals surface area contributed by atoms with Crippen LogP contribution >= 0.6 is 0 Å². The van der Waals surface area contributed by atoms with E-state index in [1.807, 2.05) is 6.92 Å². The molecule has 2 aliphatic rings. The maximum Gasteiger partial charge on any atom is 0.267 e. The second kappa shape index (κ2) is 6.13.